The average molecular weight is 538 g/mol. The number of aliphatic hydroxyl groups excluding tert-OH is 4. The highest BCUT2D eigenvalue weighted by molar-refractivity contribution is 8.14. The summed E-state index contributed by atoms with van der Waals surface area (Å²) in [5, 5.41) is 42.6. The molecule has 196 valence electrons. The SMILES string of the molecule is CS(=O)(=O)CCCCCCCCCCC(=NOS(=O)(=O)O)SC1OC(CO)C(O)C(O)C1O. The number of aliphatic hydroxyl groups is 4. The topological polar surface area (TPSA) is 200 Å². The molecule has 0 aromatic rings. The molecular weight excluding hydrogens is 502 g/mol. The fourth-order valence-corrected chi connectivity index (χ4v) is 5.28. The predicted molar refractivity (Wildman–Crippen MR) is 123 cm³/mol. The van der Waals surface area contributed by atoms with Crippen molar-refractivity contribution in [3.63, 3.8) is 0 Å². The van der Waals surface area contributed by atoms with Crippen molar-refractivity contribution < 1.29 is 50.8 Å². The van der Waals surface area contributed by atoms with Crippen molar-refractivity contribution in [2.24, 2.45) is 5.16 Å². The van der Waals surface area contributed by atoms with Crippen LogP contribution < -0.4 is 0 Å². The molecule has 12 nitrogen and oxygen atoms in total. The van der Waals surface area contributed by atoms with Gasteiger partial charge in [-0.2, -0.15) is 8.42 Å². The van der Waals surface area contributed by atoms with Crippen LogP contribution in [0.4, 0.5) is 0 Å². The molecule has 0 spiro atoms. The molecule has 0 saturated carbocycles. The maximum atomic E-state index is 11.1. The van der Waals surface area contributed by atoms with Crippen molar-refractivity contribution in [1.29, 1.82) is 0 Å². The molecule has 1 heterocycles. The molecule has 0 amide bonds. The van der Waals surface area contributed by atoms with Crippen LogP contribution in [0, 0.1) is 0 Å². The molecule has 1 fully saturated rings. The van der Waals surface area contributed by atoms with Gasteiger partial charge in [0.05, 0.1) is 6.61 Å². The van der Waals surface area contributed by atoms with Crippen molar-refractivity contribution in [2.75, 3.05) is 18.6 Å². The zero-order chi connectivity index (χ0) is 25.1. The summed E-state index contributed by atoms with van der Waals surface area (Å²) in [4.78, 5) is 0. The maximum absolute atomic E-state index is 11.1. The van der Waals surface area contributed by atoms with Crippen LogP contribution in [0.25, 0.3) is 0 Å². The van der Waals surface area contributed by atoms with E-state index in [2.05, 4.69) is 9.44 Å². The maximum Gasteiger partial charge on any atom is 0.466 e. The minimum absolute atomic E-state index is 0.0812. The van der Waals surface area contributed by atoms with Crippen LogP contribution >= 0.6 is 11.8 Å². The highest BCUT2D eigenvalue weighted by Crippen LogP contribution is 2.31. The van der Waals surface area contributed by atoms with Crippen LogP contribution in [0.3, 0.4) is 0 Å². The Morgan fingerprint density at radius 3 is 1.97 bits per heavy atom. The molecule has 15 heteroatoms. The van der Waals surface area contributed by atoms with Crippen LogP contribution in [-0.2, 0) is 29.3 Å². The first-order valence-corrected chi connectivity index (χ1v) is 15.0. The standard InChI is InChI=1S/C18H35NO11S3/c1-32(24,25)11-9-7-5-3-2-4-6-8-10-14(19-30-33(26,27)28)31-18-17(23)16(22)15(21)13(12-20)29-18/h13,15-18,20-23H,2-12H2,1H3,(H,26,27,28). The molecule has 0 aliphatic carbocycles. The van der Waals surface area contributed by atoms with Crippen LogP contribution in [-0.4, -0.2) is 95.3 Å². The summed E-state index contributed by atoms with van der Waals surface area (Å²) in [6.07, 6.45) is 2.32. The fraction of sp³-hybridized carbons (Fsp3) is 0.944. The second kappa shape index (κ2) is 14.8. The lowest BCUT2D eigenvalue weighted by Gasteiger charge is -2.39. The van der Waals surface area contributed by atoms with Crippen LogP contribution in [0.2, 0.25) is 0 Å². The van der Waals surface area contributed by atoms with Crippen LogP contribution in [0.15, 0.2) is 5.16 Å². The Labute approximate surface area is 199 Å². The first-order chi connectivity index (χ1) is 15.3. The van der Waals surface area contributed by atoms with E-state index in [1.165, 1.54) is 6.26 Å². The van der Waals surface area contributed by atoms with Gasteiger partial charge in [0, 0.05) is 12.0 Å². The van der Waals surface area contributed by atoms with E-state index in [-0.39, 0.29) is 17.2 Å². The van der Waals surface area contributed by atoms with Gasteiger partial charge in [-0.3, -0.25) is 4.55 Å². The molecule has 33 heavy (non-hydrogen) atoms. The van der Waals surface area contributed by atoms with Crippen molar-refractivity contribution in [2.45, 2.75) is 87.6 Å². The van der Waals surface area contributed by atoms with Crippen LogP contribution in [0.1, 0.15) is 57.8 Å². The number of thioether (sulfide) groups is 1. The van der Waals surface area contributed by atoms with Gasteiger partial charge >= 0.3 is 10.4 Å². The molecule has 0 radical (unpaired) electrons. The Kier molecular flexibility index (Phi) is 13.7. The lowest BCUT2D eigenvalue weighted by molar-refractivity contribution is -0.205. The second-order valence-corrected chi connectivity index (χ2v) is 12.4. The normalized spacial score (nSPS) is 27.0. The minimum atomic E-state index is -4.84. The Morgan fingerprint density at radius 2 is 1.45 bits per heavy atom. The minimum Gasteiger partial charge on any atom is -0.394 e. The zero-order valence-electron chi connectivity index (χ0n) is 18.5. The number of nitrogens with zero attached hydrogens (tertiary/aromatic N) is 1. The highest BCUT2D eigenvalue weighted by atomic mass is 32.3. The second-order valence-electron chi connectivity index (χ2n) is 8.01. The molecule has 0 aromatic heterocycles. The number of sulfone groups is 1. The molecule has 1 rings (SSSR count). The Hall–Kier alpha value is -0.520. The molecule has 0 bridgehead atoms. The number of hydrogen-bond acceptors (Lipinski definition) is 12. The van der Waals surface area contributed by atoms with E-state index in [1.807, 2.05) is 0 Å². The van der Waals surface area contributed by atoms with Crippen molar-refractivity contribution in [1.82, 2.24) is 0 Å². The zero-order valence-corrected chi connectivity index (χ0v) is 21.0. The predicted octanol–water partition coefficient (Wildman–Crippen LogP) is 0.208. The Bertz CT molecular complexity index is 801. The summed E-state index contributed by atoms with van der Waals surface area (Å²) in [6, 6.07) is 0. The van der Waals surface area contributed by atoms with Gasteiger partial charge in [0.2, 0.25) is 0 Å². The first kappa shape index (κ1) is 30.5. The summed E-state index contributed by atoms with van der Waals surface area (Å²) in [6.45, 7) is -0.607. The molecule has 5 N–H and O–H groups in total. The third-order valence-corrected chi connectivity index (χ3v) is 7.46. The van der Waals surface area contributed by atoms with E-state index in [0.717, 1.165) is 50.3 Å². The number of oxime groups is 1. The Balaban J connectivity index is 2.47. The number of ether oxygens (including phenoxy) is 1. The summed E-state index contributed by atoms with van der Waals surface area (Å²) in [7, 11) is -7.76. The van der Waals surface area contributed by atoms with Gasteiger partial charge in [0.25, 0.3) is 0 Å². The van der Waals surface area contributed by atoms with Crippen LogP contribution in [0.5, 0.6) is 0 Å². The van der Waals surface area contributed by atoms with E-state index in [1.54, 1.807) is 0 Å². The molecule has 5 unspecified atom stereocenters. The highest BCUT2D eigenvalue weighted by Gasteiger charge is 2.44. The van der Waals surface area contributed by atoms with E-state index in [9.17, 15) is 37.3 Å². The quantitative estimate of drug-likeness (QED) is 0.0626. The largest absolute Gasteiger partial charge is 0.466 e. The molecular formula is C18H35NO11S3. The molecule has 5 atom stereocenters. The monoisotopic (exact) mass is 537 g/mol. The van der Waals surface area contributed by atoms with Gasteiger partial charge in [0.1, 0.15) is 44.7 Å². The average Bonchev–Trinajstić information content (AvgIpc) is 2.71. The summed E-state index contributed by atoms with van der Waals surface area (Å²) in [5.74, 6) is 0.201. The summed E-state index contributed by atoms with van der Waals surface area (Å²) < 4.78 is 62.1. The van der Waals surface area contributed by atoms with E-state index < -0.39 is 56.7 Å². The number of unbranched alkanes of at least 4 members (excludes halogenated alkanes) is 7. The Morgan fingerprint density at radius 1 is 0.909 bits per heavy atom. The summed E-state index contributed by atoms with van der Waals surface area (Å²) >= 11 is 0.765. The lowest BCUT2D eigenvalue weighted by atomic mass is 10.0. The lowest BCUT2D eigenvalue weighted by Crippen LogP contribution is -2.57. The smallest absolute Gasteiger partial charge is 0.394 e. The van der Waals surface area contributed by atoms with Crippen molar-refractivity contribution >= 4 is 37.0 Å². The van der Waals surface area contributed by atoms with Gasteiger partial charge in [-0.05, 0) is 19.3 Å². The van der Waals surface area contributed by atoms with Gasteiger partial charge in [-0.1, -0.05) is 55.4 Å². The van der Waals surface area contributed by atoms with E-state index in [0.29, 0.717) is 12.8 Å². The number of rotatable bonds is 15. The molecule has 1 aliphatic rings. The third kappa shape index (κ3) is 13.2. The first-order valence-electron chi connectivity index (χ1n) is 10.7. The molecule has 0 aromatic carbocycles. The van der Waals surface area contributed by atoms with Gasteiger partial charge < -0.3 is 25.2 Å². The summed E-state index contributed by atoms with van der Waals surface area (Å²) in [5.41, 5.74) is -1.16. The third-order valence-electron chi connectivity index (χ3n) is 4.99. The number of hydrogen-bond donors (Lipinski definition) is 5. The van der Waals surface area contributed by atoms with Crippen molar-refractivity contribution in [3.05, 3.63) is 0 Å². The fourth-order valence-electron chi connectivity index (χ4n) is 3.21. The van der Waals surface area contributed by atoms with E-state index >= 15 is 0 Å². The molecule has 1 aliphatic heterocycles. The van der Waals surface area contributed by atoms with Gasteiger partial charge in [0.15, 0.2) is 0 Å². The van der Waals surface area contributed by atoms with E-state index in [4.69, 9.17) is 9.29 Å². The molecule has 1 saturated heterocycles. The van der Waals surface area contributed by atoms with Gasteiger partial charge in [-0.25, -0.2) is 12.7 Å². The van der Waals surface area contributed by atoms with Gasteiger partial charge in [-0.15, -0.1) is 0 Å². The van der Waals surface area contributed by atoms with Crippen molar-refractivity contribution in [3.8, 4) is 0 Å².